The molecule has 0 aliphatic carbocycles. The van der Waals surface area contributed by atoms with Crippen molar-refractivity contribution in [1.82, 2.24) is 10.6 Å². The van der Waals surface area contributed by atoms with Crippen LogP contribution in [0.3, 0.4) is 0 Å². The van der Waals surface area contributed by atoms with Crippen LogP contribution in [0.5, 0.6) is 0 Å². The van der Waals surface area contributed by atoms with Crippen LogP contribution in [0.2, 0.25) is 0 Å². The van der Waals surface area contributed by atoms with Gasteiger partial charge >= 0.3 is 0 Å². The van der Waals surface area contributed by atoms with E-state index in [4.69, 9.17) is 9.47 Å². The highest BCUT2D eigenvalue weighted by molar-refractivity contribution is 5.88. The number of hydrogen-bond donors (Lipinski definition) is 2. The summed E-state index contributed by atoms with van der Waals surface area (Å²) in [6, 6.07) is -0.489. The number of amides is 1. The molecule has 1 amide bonds. The summed E-state index contributed by atoms with van der Waals surface area (Å²) in [6.45, 7) is 7.83. The largest absolute Gasteiger partial charge is 0.379 e. The highest BCUT2D eigenvalue weighted by atomic mass is 16.5. The van der Waals surface area contributed by atoms with E-state index in [0.717, 1.165) is 0 Å². The molecule has 0 aromatic heterocycles. The van der Waals surface area contributed by atoms with Gasteiger partial charge < -0.3 is 20.1 Å². The fourth-order valence-corrected chi connectivity index (χ4v) is 1.85. The molecular formula is C16H30N2O5. The highest BCUT2D eigenvalue weighted by Crippen LogP contribution is 1.94. The minimum Gasteiger partial charge on any atom is -0.379 e. The first-order chi connectivity index (χ1) is 11.0. The highest BCUT2D eigenvalue weighted by Gasteiger charge is 2.18. The Labute approximate surface area is 138 Å². The second-order valence-electron chi connectivity index (χ2n) is 5.17. The van der Waals surface area contributed by atoms with E-state index >= 15 is 0 Å². The number of carbonyl (C=O) groups is 3. The number of ether oxygens (including phenoxy) is 2. The Kier molecular flexibility index (Phi) is 13.5. The molecule has 0 saturated carbocycles. The third-order valence-corrected chi connectivity index (χ3v) is 3.10. The van der Waals surface area contributed by atoms with Gasteiger partial charge in [0.2, 0.25) is 5.91 Å². The Morgan fingerprint density at radius 1 is 1.00 bits per heavy atom. The molecule has 0 heterocycles. The molecule has 0 aromatic carbocycles. The van der Waals surface area contributed by atoms with Gasteiger partial charge in [-0.15, -0.1) is 0 Å². The molecule has 0 rings (SSSR count). The standard InChI is InChI=1S/C16H30N2O5/c1-4-14(20)6-8-22-10-11-23-9-7-18-16(21)15(17-5-2)12-13(3)19/h15,17H,4-12H2,1-3H3,(H,18,21). The van der Waals surface area contributed by atoms with Crippen LogP contribution in [0, 0.1) is 0 Å². The first-order valence-electron chi connectivity index (χ1n) is 8.18. The summed E-state index contributed by atoms with van der Waals surface area (Å²) < 4.78 is 10.6. The van der Waals surface area contributed by atoms with E-state index in [1.807, 2.05) is 13.8 Å². The van der Waals surface area contributed by atoms with Crippen molar-refractivity contribution in [3.05, 3.63) is 0 Å². The summed E-state index contributed by atoms with van der Waals surface area (Å²) in [4.78, 5) is 34.1. The molecule has 7 heteroatoms. The Morgan fingerprint density at radius 2 is 1.65 bits per heavy atom. The molecule has 0 fully saturated rings. The van der Waals surface area contributed by atoms with E-state index in [0.29, 0.717) is 52.4 Å². The summed E-state index contributed by atoms with van der Waals surface area (Å²) >= 11 is 0. The molecule has 0 aliphatic rings. The quantitative estimate of drug-likeness (QED) is 0.424. The summed E-state index contributed by atoms with van der Waals surface area (Å²) in [5.74, 6) is -0.0320. The van der Waals surface area contributed by atoms with Crippen LogP contribution in [0.1, 0.15) is 40.0 Å². The summed E-state index contributed by atoms with van der Waals surface area (Å²) in [7, 11) is 0. The van der Waals surface area contributed by atoms with Crippen LogP contribution in [0.15, 0.2) is 0 Å². The Bertz CT molecular complexity index is 360. The van der Waals surface area contributed by atoms with Gasteiger partial charge in [-0.05, 0) is 13.5 Å². The van der Waals surface area contributed by atoms with Gasteiger partial charge in [0.25, 0.3) is 0 Å². The molecule has 0 spiro atoms. The number of Topliss-reactive ketones (excluding diaryl/α,β-unsaturated/α-hetero) is 2. The predicted octanol–water partition coefficient (Wildman–Crippen LogP) is 0.462. The lowest BCUT2D eigenvalue weighted by atomic mass is 10.1. The van der Waals surface area contributed by atoms with E-state index < -0.39 is 6.04 Å². The Balaban J connectivity index is 3.60. The molecule has 2 N–H and O–H groups in total. The molecular weight excluding hydrogens is 300 g/mol. The molecule has 1 unspecified atom stereocenters. The van der Waals surface area contributed by atoms with Crippen LogP contribution in [-0.4, -0.2) is 63.0 Å². The van der Waals surface area contributed by atoms with Gasteiger partial charge in [-0.25, -0.2) is 0 Å². The van der Waals surface area contributed by atoms with E-state index in [2.05, 4.69) is 10.6 Å². The maximum absolute atomic E-state index is 11.9. The molecule has 0 aliphatic heterocycles. The zero-order chi connectivity index (χ0) is 17.5. The number of nitrogens with one attached hydrogen (secondary N) is 2. The number of ketones is 2. The van der Waals surface area contributed by atoms with Crippen LogP contribution in [-0.2, 0) is 23.9 Å². The SMILES string of the molecule is CCNC(CC(C)=O)C(=O)NCCOCCOCCC(=O)CC. The maximum atomic E-state index is 11.9. The van der Waals surface area contributed by atoms with E-state index in [1.54, 1.807) is 0 Å². The third-order valence-electron chi connectivity index (χ3n) is 3.10. The first-order valence-corrected chi connectivity index (χ1v) is 8.18. The predicted molar refractivity (Wildman–Crippen MR) is 87.3 cm³/mol. The van der Waals surface area contributed by atoms with Gasteiger partial charge in [0.05, 0.1) is 32.5 Å². The minimum atomic E-state index is -0.489. The minimum absolute atomic E-state index is 0.0268. The van der Waals surface area contributed by atoms with Crippen molar-refractivity contribution in [1.29, 1.82) is 0 Å². The van der Waals surface area contributed by atoms with Crippen LogP contribution in [0.25, 0.3) is 0 Å². The number of rotatable bonds is 15. The first kappa shape index (κ1) is 21.7. The average Bonchev–Trinajstić information content (AvgIpc) is 2.51. The summed E-state index contributed by atoms with van der Waals surface area (Å²) in [6.07, 6.45) is 1.16. The zero-order valence-corrected chi connectivity index (χ0v) is 14.5. The molecule has 7 nitrogen and oxygen atoms in total. The van der Waals surface area contributed by atoms with Crippen molar-refractivity contribution < 1.29 is 23.9 Å². The Morgan fingerprint density at radius 3 is 2.22 bits per heavy atom. The lowest BCUT2D eigenvalue weighted by Crippen LogP contribution is -2.46. The smallest absolute Gasteiger partial charge is 0.237 e. The van der Waals surface area contributed by atoms with Gasteiger partial charge in [-0.2, -0.15) is 0 Å². The normalized spacial score (nSPS) is 12.0. The van der Waals surface area contributed by atoms with Gasteiger partial charge in [0.1, 0.15) is 11.6 Å². The number of hydrogen-bond acceptors (Lipinski definition) is 6. The average molecular weight is 330 g/mol. The molecule has 134 valence electrons. The van der Waals surface area contributed by atoms with Crippen LogP contribution < -0.4 is 10.6 Å². The van der Waals surface area contributed by atoms with Gasteiger partial charge in [0.15, 0.2) is 0 Å². The van der Waals surface area contributed by atoms with Gasteiger partial charge in [0, 0.05) is 25.8 Å². The van der Waals surface area contributed by atoms with Gasteiger partial charge in [-0.1, -0.05) is 13.8 Å². The lowest BCUT2D eigenvalue weighted by molar-refractivity contribution is -0.127. The summed E-state index contributed by atoms with van der Waals surface area (Å²) in [5, 5.41) is 5.72. The number of likely N-dealkylation sites (N-methyl/N-ethyl adjacent to an activating group) is 1. The molecule has 0 bridgehead atoms. The topological polar surface area (TPSA) is 93.7 Å². The van der Waals surface area contributed by atoms with Crippen molar-refractivity contribution in [3.8, 4) is 0 Å². The van der Waals surface area contributed by atoms with Gasteiger partial charge in [-0.3, -0.25) is 14.4 Å². The molecule has 0 aromatic rings. The summed E-state index contributed by atoms with van der Waals surface area (Å²) in [5.41, 5.74) is 0. The third kappa shape index (κ3) is 12.9. The second-order valence-corrected chi connectivity index (χ2v) is 5.17. The zero-order valence-electron chi connectivity index (χ0n) is 14.5. The van der Waals surface area contributed by atoms with E-state index in [-0.39, 0.29) is 23.9 Å². The van der Waals surface area contributed by atoms with Crippen molar-refractivity contribution in [2.24, 2.45) is 0 Å². The van der Waals surface area contributed by atoms with Crippen LogP contribution in [0.4, 0.5) is 0 Å². The van der Waals surface area contributed by atoms with E-state index in [9.17, 15) is 14.4 Å². The fraction of sp³-hybridized carbons (Fsp3) is 0.812. The molecule has 0 saturated heterocycles. The fourth-order valence-electron chi connectivity index (χ4n) is 1.85. The monoisotopic (exact) mass is 330 g/mol. The maximum Gasteiger partial charge on any atom is 0.237 e. The van der Waals surface area contributed by atoms with Crippen molar-refractivity contribution in [2.75, 3.05) is 39.5 Å². The van der Waals surface area contributed by atoms with Crippen LogP contribution >= 0.6 is 0 Å². The van der Waals surface area contributed by atoms with Crippen molar-refractivity contribution >= 4 is 17.5 Å². The Hall–Kier alpha value is -1.31. The number of carbonyl (C=O) groups excluding carboxylic acids is 3. The van der Waals surface area contributed by atoms with Crippen molar-refractivity contribution in [2.45, 2.75) is 46.1 Å². The molecule has 0 radical (unpaired) electrons. The van der Waals surface area contributed by atoms with Crippen molar-refractivity contribution in [3.63, 3.8) is 0 Å². The molecule has 1 atom stereocenters. The lowest BCUT2D eigenvalue weighted by Gasteiger charge is -2.16. The molecule has 23 heavy (non-hydrogen) atoms. The second kappa shape index (κ2) is 14.3. The van der Waals surface area contributed by atoms with E-state index in [1.165, 1.54) is 6.92 Å².